The zero-order valence-corrected chi connectivity index (χ0v) is 12.1. The Morgan fingerprint density at radius 2 is 2.10 bits per heavy atom. The molecule has 6 heteroatoms. The van der Waals surface area contributed by atoms with Crippen molar-refractivity contribution < 1.29 is 14.3 Å². The molecule has 0 unspecified atom stereocenters. The third-order valence-corrected chi connectivity index (χ3v) is 3.32. The van der Waals surface area contributed by atoms with E-state index in [2.05, 4.69) is 5.16 Å². The van der Waals surface area contributed by atoms with E-state index in [9.17, 15) is 4.39 Å². The van der Waals surface area contributed by atoms with Gasteiger partial charge in [-0.3, -0.25) is 0 Å². The number of rotatable bonds is 4. The van der Waals surface area contributed by atoms with Crippen molar-refractivity contribution in [1.82, 2.24) is 0 Å². The summed E-state index contributed by atoms with van der Waals surface area (Å²) in [5.41, 5.74) is 8.00. The van der Waals surface area contributed by atoms with Crippen LogP contribution in [0.2, 0.25) is 5.02 Å². The molecule has 3 N–H and O–H groups in total. The Balaban J connectivity index is 2.13. The van der Waals surface area contributed by atoms with E-state index in [1.807, 2.05) is 13.0 Å². The molecule has 0 bridgehead atoms. The van der Waals surface area contributed by atoms with Gasteiger partial charge in [0.05, 0.1) is 5.02 Å². The molecule has 4 nitrogen and oxygen atoms in total. The molecule has 0 fully saturated rings. The predicted octanol–water partition coefficient (Wildman–Crippen LogP) is 3.46. The Morgan fingerprint density at radius 1 is 1.33 bits per heavy atom. The summed E-state index contributed by atoms with van der Waals surface area (Å²) < 4.78 is 18.5. The van der Waals surface area contributed by atoms with E-state index in [1.165, 1.54) is 18.2 Å². The van der Waals surface area contributed by atoms with Gasteiger partial charge in [-0.25, -0.2) is 4.39 Å². The number of halogens is 2. The second kappa shape index (κ2) is 6.45. The van der Waals surface area contributed by atoms with E-state index in [0.29, 0.717) is 11.3 Å². The normalized spacial score (nSPS) is 11.5. The maximum Gasteiger partial charge on any atom is 0.170 e. The first-order chi connectivity index (χ1) is 10.0. The minimum atomic E-state index is -0.411. The molecule has 0 aliphatic rings. The van der Waals surface area contributed by atoms with Gasteiger partial charge in [0.15, 0.2) is 5.84 Å². The van der Waals surface area contributed by atoms with Crippen LogP contribution in [0, 0.1) is 12.7 Å². The van der Waals surface area contributed by atoms with Gasteiger partial charge >= 0.3 is 0 Å². The number of ether oxygens (including phenoxy) is 1. The standard InChI is InChI=1S/C15H14ClFN2O2/c1-9-6-10(15(18)19-20)2-3-11(9)8-21-14-5-4-12(17)7-13(14)16/h2-7,20H,8H2,1H3,(H2,18,19). The fraction of sp³-hybridized carbons (Fsp3) is 0.133. The first-order valence-corrected chi connectivity index (χ1v) is 6.54. The van der Waals surface area contributed by atoms with Gasteiger partial charge in [0.2, 0.25) is 0 Å². The molecule has 0 spiro atoms. The number of hydrogen-bond acceptors (Lipinski definition) is 3. The molecule has 0 saturated carbocycles. The molecular weight excluding hydrogens is 295 g/mol. The molecule has 2 rings (SSSR count). The van der Waals surface area contributed by atoms with Crippen LogP contribution in [0.15, 0.2) is 41.6 Å². The monoisotopic (exact) mass is 308 g/mol. The fourth-order valence-electron chi connectivity index (χ4n) is 1.82. The van der Waals surface area contributed by atoms with Gasteiger partial charge in [-0.2, -0.15) is 0 Å². The minimum Gasteiger partial charge on any atom is -0.487 e. The van der Waals surface area contributed by atoms with Crippen LogP contribution in [0.4, 0.5) is 4.39 Å². The van der Waals surface area contributed by atoms with Crippen molar-refractivity contribution in [3.63, 3.8) is 0 Å². The molecule has 0 aliphatic carbocycles. The van der Waals surface area contributed by atoms with Gasteiger partial charge < -0.3 is 15.7 Å². The Bertz CT molecular complexity index is 689. The average molecular weight is 309 g/mol. The van der Waals surface area contributed by atoms with Crippen LogP contribution < -0.4 is 10.5 Å². The van der Waals surface area contributed by atoms with Crippen LogP contribution in [0.25, 0.3) is 0 Å². The Hall–Kier alpha value is -2.27. The fourth-order valence-corrected chi connectivity index (χ4v) is 2.04. The number of oxime groups is 1. The number of benzene rings is 2. The zero-order valence-electron chi connectivity index (χ0n) is 11.3. The molecule has 2 aromatic rings. The van der Waals surface area contributed by atoms with Crippen molar-refractivity contribution in [1.29, 1.82) is 0 Å². The van der Waals surface area contributed by atoms with Gasteiger partial charge in [-0.05, 0) is 42.3 Å². The average Bonchev–Trinajstić information content (AvgIpc) is 2.46. The molecule has 0 atom stereocenters. The largest absolute Gasteiger partial charge is 0.487 e. The predicted molar refractivity (Wildman–Crippen MR) is 79.4 cm³/mol. The SMILES string of the molecule is Cc1cc(/C(N)=N/O)ccc1COc1ccc(F)cc1Cl. The topological polar surface area (TPSA) is 67.8 Å². The number of nitrogens with zero attached hydrogens (tertiary/aromatic N) is 1. The minimum absolute atomic E-state index is 0.0483. The van der Waals surface area contributed by atoms with Crippen LogP contribution in [0.1, 0.15) is 16.7 Å². The summed E-state index contributed by atoms with van der Waals surface area (Å²) in [7, 11) is 0. The van der Waals surface area contributed by atoms with Gasteiger partial charge in [0.1, 0.15) is 18.2 Å². The summed E-state index contributed by atoms with van der Waals surface area (Å²) in [4.78, 5) is 0. The van der Waals surface area contributed by atoms with Gasteiger partial charge in [0, 0.05) is 5.56 Å². The van der Waals surface area contributed by atoms with Crippen LogP contribution in [0.5, 0.6) is 5.75 Å². The number of amidine groups is 1. The highest BCUT2D eigenvalue weighted by atomic mass is 35.5. The van der Waals surface area contributed by atoms with Crippen LogP contribution in [0.3, 0.4) is 0 Å². The van der Waals surface area contributed by atoms with Crippen molar-refractivity contribution in [2.45, 2.75) is 13.5 Å². The maximum absolute atomic E-state index is 12.9. The molecule has 21 heavy (non-hydrogen) atoms. The van der Waals surface area contributed by atoms with E-state index in [1.54, 1.807) is 12.1 Å². The van der Waals surface area contributed by atoms with Gasteiger partial charge in [-0.15, -0.1) is 0 Å². The van der Waals surface area contributed by atoms with Crippen molar-refractivity contribution in [3.05, 3.63) is 63.9 Å². The second-order valence-electron chi connectivity index (χ2n) is 4.49. The summed E-state index contributed by atoms with van der Waals surface area (Å²) in [6, 6.07) is 9.31. The molecule has 0 radical (unpaired) electrons. The maximum atomic E-state index is 12.9. The number of aryl methyl sites for hydroxylation is 1. The third kappa shape index (κ3) is 3.64. The van der Waals surface area contributed by atoms with Crippen LogP contribution in [-0.2, 0) is 6.61 Å². The van der Waals surface area contributed by atoms with E-state index < -0.39 is 5.82 Å². The summed E-state index contributed by atoms with van der Waals surface area (Å²) in [5.74, 6) is 0.0526. The molecule has 0 heterocycles. The quantitative estimate of drug-likeness (QED) is 0.393. The lowest BCUT2D eigenvalue weighted by molar-refractivity contribution is 0.305. The van der Waals surface area contributed by atoms with E-state index >= 15 is 0 Å². The van der Waals surface area contributed by atoms with Crippen molar-refractivity contribution in [3.8, 4) is 5.75 Å². The van der Waals surface area contributed by atoms with E-state index in [-0.39, 0.29) is 17.5 Å². The molecule has 0 aliphatic heterocycles. The van der Waals surface area contributed by atoms with Crippen molar-refractivity contribution in [2.24, 2.45) is 10.9 Å². The molecule has 0 saturated heterocycles. The highest BCUT2D eigenvalue weighted by molar-refractivity contribution is 6.32. The Kier molecular flexibility index (Phi) is 4.65. The molecule has 0 aromatic heterocycles. The van der Waals surface area contributed by atoms with Crippen molar-refractivity contribution in [2.75, 3.05) is 0 Å². The van der Waals surface area contributed by atoms with E-state index in [0.717, 1.165) is 11.1 Å². The lowest BCUT2D eigenvalue weighted by Gasteiger charge is -2.11. The highest BCUT2D eigenvalue weighted by Gasteiger charge is 2.07. The summed E-state index contributed by atoms with van der Waals surface area (Å²) in [6.45, 7) is 2.17. The Labute approximate surface area is 126 Å². The number of nitrogens with two attached hydrogens (primary N) is 1. The molecule has 0 amide bonds. The second-order valence-corrected chi connectivity index (χ2v) is 4.90. The van der Waals surface area contributed by atoms with Crippen LogP contribution >= 0.6 is 11.6 Å². The first-order valence-electron chi connectivity index (χ1n) is 6.16. The summed E-state index contributed by atoms with van der Waals surface area (Å²) in [5, 5.41) is 11.8. The zero-order chi connectivity index (χ0) is 15.4. The lowest BCUT2D eigenvalue weighted by atomic mass is 10.1. The van der Waals surface area contributed by atoms with Gasteiger partial charge in [0.25, 0.3) is 0 Å². The third-order valence-electron chi connectivity index (χ3n) is 3.02. The Morgan fingerprint density at radius 3 is 2.71 bits per heavy atom. The summed E-state index contributed by atoms with van der Waals surface area (Å²) in [6.07, 6.45) is 0. The van der Waals surface area contributed by atoms with Gasteiger partial charge in [-0.1, -0.05) is 28.9 Å². The molecule has 110 valence electrons. The molecule has 2 aromatic carbocycles. The summed E-state index contributed by atoms with van der Waals surface area (Å²) >= 11 is 5.90. The van der Waals surface area contributed by atoms with Crippen molar-refractivity contribution >= 4 is 17.4 Å². The smallest absolute Gasteiger partial charge is 0.170 e. The van der Waals surface area contributed by atoms with E-state index in [4.69, 9.17) is 27.3 Å². The molecular formula is C15H14ClFN2O2. The van der Waals surface area contributed by atoms with Crippen LogP contribution in [-0.4, -0.2) is 11.0 Å². The first kappa shape index (κ1) is 15.1. The highest BCUT2D eigenvalue weighted by Crippen LogP contribution is 2.26. The lowest BCUT2D eigenvalue weighted by Crippen LogP contribution is -2.13. The number of hydrogen-bond donors (Lipinski definition) is 2.